The van der Waals surface area contributed by atoms with E-state index in [0.29, 0.717) is 32.9 Å². The van der Waals surface area contributed by atoms with E-state index in [2.05, 4.69) is 15.3 Å². The van der Waals surface area contributed by atoms with Crippen molar-refractivity contribution in [3.8, 4) is 17.1 Å². The molecule has 3 rings (SSSR count). The molecule has 0 saturated heterocycles. The summed E-state index contributed by atoms with van der Waals surface area (Å²) < 4.78 is 5.17. The summed E-state index contributed by atoms with van der Waals surface area (Å²) in [7, 11) is 1.47. The normalized spacial score (nSPS) is 10.4. The molecule has 0 aliphatic carbocycles. The van der Waals surface area contributed by atoms with Crippen LogP contribution in [0.25, 0.3) is 11.4 Å². The third-order valence-electron chi connectivity index (χ3n) is 3.57. The number of nitrogens with one attached hydrogen (secondary N) is 2. The van der Waals surface area contributed by atoms with Gasteiger partial charge in [-0.05, 0) is 42.5 Å². The van der Waals surface area contributed by atoms with Crippen LogP contribution in [0.4, 0.5) is 5.69 Å². The molecule has 6 nitrogen and oxygen atoms in total. The van der Waals surface area contributed by atoms with Gasteiger partial charge in [-0.3, -0.25) is 9.59 Å². The van der Waals surface area contributed by atoms with Crippen molar-refractivity contribution in [2.45, 2.75) is 0 Å². The number of hydrogen-bond donors (Lipinski definition) is 2. The van der Waals surface area contributed by atoms with Gasteiger partial charge in [-0.1, -0.05) is 23.2 Å². The first-order chi connectivity index (χ1) is 12.5. The second kappa shape index (κ2) is 7.59. The van der Waals surface area contributed by atoms with Crippen molar-refractivity contribution in [2.24, 2.45) is 0 Å². The molecule has 0 bridgehead atoms. The first-order valence-corrected chi connectivity index (χ1v) is 8.23. The van der Waals surface area contributed by atoms with E-state index in [0.717, 1.165) is 0 Å². The third-order valence-corrected chi connectivity index (χ3v) is 4.06. The second-order valence-electron chi connectivity index (χ2n) is 5.28. The Kier molecular flexibility index (Phi) is 5.25. The van der Waals surface area contributed by atoms with Crippen LogP contribution in [-0.4, -0.2) is 23.0 Å². The number of carbonyl (C=O) groups is 1. The Morgan fingerprint density at radius 1 is 1.12 bits per heavy atom. The highest BCUT2D eigenvalue weighted by atomic mass is 35.5. The quantitative estimate of drug-likeness (QED) is 0.705. The van der Waals surface area contributed by atoms with Crippen LogP contribution in [0.2, 0.25) is 10.0 Å². The van der Waals surface area contributed by atoms with Crippen LogP contribution in [-0.2, 0) is 0 Å². The Morgan fingerprint density at radius 3 is 2.46 bits per heavy atom. The van der Waals surface area contributed by atoms with Gasteiger partial charge in [0.15, 0.2) is 0 Å². The zero-order chi connectivity index (χ0) is 18.7. The molecule has 2 N–H and O–H groups in total. The van der Waals surface area contributed by atoms with Gasteiger partial charge in [0, 0.05) is 21.8 Å². The minimum Gasteiger partial charge on any atom is -0.495 e. The van der Waals surface area contributed by atoms with Crippen molar-refractivity contribution in [3.63, 3.8) is 0 Å². The number of benzene rings is 2. The van der Waals surface area contributed by atoms with Crippen LogP contribution < -0.4 is 15.6 Å². The summed E-state index contributed by atoms with van der Waals surface area (Å²) in [6.07, 6.45) is 1.22. The van der Waals surface area contributed by atoms with Crippen molar-refractivity contribution in [1.29, 1.82) is 0 Å². The number of hydrogen-bond acceptors (Lipinski definition) is 4. The van der Waals surface area contributed by atoms with E-state index in [1.165, 1.54) is 19.4 Å². The second-order valence-corrected chi connectivity index (χ2v) is 6.15. The molecule has 0 aliphatic rings. The summed E-state index contributed by atoms with van der Waals surface area (Å²) in [6.45, 7) is 0. The maximum Gasteiger partial charge on any atom is 0.264 e. The molecule has 0 radical (unpaired) electrons. The number of nitrogens with zero attached hydrogens (tertiary/aromatic N) is 1. The topological polar surface area (TPSA) is 84.1 Å². The number of rotatable bonds is 4. The van der Waals surface area contributed by atoms with Crippen LogP contribution in [0.15, 0.2) is 53.5 Å². The Hall–Kier alpha value is -2.83. The fourth-order valence-electron chi connectivity index (χ4n) is 2.28. The summed E-state index contributed by atoms with van der Waals surface area (Å²) in [4.78, 5) is 31.4. The zero-order valence-corrected chi connectivity index (χ0v) is 15.1. The van der Waals surface area contributed by atoms with Gasteiger partial charge in [0.1, 0.15) is 17.1 Å². The van der Waals surface area contributed by atoms with Crippen molar-refractivity contribution in [2.75, 3.05) is 12.4 Å². The van der Waals surface area contributed by atoms with Crippen LogP contribution in [0.1, 0.15) is 10.4 Å². The lowest BCUT2D eigenvalue weighted by molar-refractivity contribution is 0.102. The summed E-state index contributed by atoms with van der Waals surface area (Å²) in [5.74, 6) is 0.135. The molecule has 1 amide bonds. The molecule has 0 saturated carbocycles. The number of H-pyrrole nitrogens is 1. The predicted molar refractivity (Wildman–Crippen MR) is 101 cm³/mol. The van der Waals surface area contributed by atoms with E-state index in [-0.39, 0.29) is 5.56 Å². The monoisotopic (exact) mass is 389 g/mol. The number of carbonyl (C=O) groups excluding carboxylic acids is 1. The van der Waals surface area contributed by atoms with Crippen molar-refractivity contribution in [1.82, 2.24) is 9.97 Å². The van der Waals surface area contributed by atoms with Gasteiger partial charge >= 0.3 is 0 Å². The molecule has 1 aromatic heterocycles. The van der Waals surface area contributed by atoms with E-state index < -0.39 is 11.5 Å². The highest BCUT2D eigenvalue weighted by Gasteiger charge is 2.15. The van der Waals surface area contributed by atoms with Gasteiger partial charge in [-0.15, -0.1) is 0 Å². The molecule has 2 aromatic carbocycles. The smallest absolute Gasteiger partial charge is 0.264 e. The Balaban J connectivity index is 1.88. The first-order valence-electron chi connectivity index (χ1n) is 7.48. The zero-order valence-electron chi connectivity index (χ0n) is 13.5. The Morgan fingerprint density at radius 2 is 1.81 bits per heavy atom. The number of ether oxygens (including phenoxy) is 1. The number of halogens is 2. The van der Waals surface area contributed by atoms with Crippen molar-refractivity contribution in [3.05, 3.63) is 74.6 Å². The highest BCUT2D eigenvalue weighted by molar-refractivity contribution is 6.31. The highest BCUT2D eigenvalue weighted by Crippen LogP contribution is 2.28. The summed E-state index contributed by atoms with van der Waals surface area (Å²) in [6, 6.07) is 11.6. The van der Waals surface area contributed by atoms with Crippen molar-refractivity contribution < 1.29 is 9.53 Å². The standard InChI is InChI=1S/C18H13Cl2N3O3/c1-26-15-7-6-12(20)8-14(15)22-17(24)13-9-21-16(23-18(13)25)10-2-4-11(19)5-3-10/h2-9H,1H3,(H,22,24)(H,21,23,25). The van der Waals surface area contributed by atoms with E-state index in [9.17, 15) is 9.59 Å². The summed E-state index contributed by atoms with van der Waals surface area (Å²) in [5.41, 5.74) is 0.328. The average molecular weight is 390 g/mol. The molecule has 132 valence electrons. The fourth-order valence-corrected chi connectivity index (χ4v) is 2.58. The third kappa shape index (κ3) is 3.87. The summed E-state index contributed by atoms with van der Waals surface area (Å²) in [5, 5.41) is 3.59. The number of methoxy groups -OCH3 is 1. The van der Waals surface area contributed by atoms with Crippen LogP contribution >= 0.6 is 23.2 Å². The lowest BCUT2D eigenvalue weighted by Crippen LogP contribution is -2.24. The number of amides is 1. The van der Waals surface area contributed by atoms with Crippen LogP contribution in [0.3, 0.4) is 0 Å². The molecule has 1 heterocycles. The number of aromatic amines is 1. The average Bonchev–Trinajstić information content (AvgIpc) is 2.62. The number of aromatic nitrogens is 2. The fraction of sp³-hybridized carbons (Fsp3) is 0.0556. The Labute approximate surface area is 158 Å². The molecule has 3 aromatic rings. The molecule has 8 heteroatoms. The minimum absolute atomic E-state index is 0.134. The van der Waals surface area contributed by atoms with Gasteiger partial charge < -0.3 is 15.0 Å². The van der Waals surface area contributed by atoms with E-state index >= 15 is 0 Å². The largest absolute Gasteiger partial charge is 0.495 e. The molecular weight excluding hydrogens is 377 g/mol. The van der Waals surface area contributed by atoms with Crippen molar-refractivity contribution >= 4 is 34.8 Å². The minimum atomic E-state index is -0.623. The Bertz CT molecular complexity index is 1020. The maximum atomic E-state index is 12.4. The predicted octanol–water partition coefficient (Wildman–Crippen LogP) is 4.00. The molecule has 0 unspecified atom stereocenters. The van der Waals surface area contributed by atoms with Gasteiger partial charge in [0.05, 0.1) is 12.8 Å². The number of anilines is 1. The SMILES string of the molecule is COc1ccc(Cl)cc1NC(=O)c1cnc(-c2ccc(Cl)cc2)[nH]c1=O. The van der Waals surface area contributed by atoms with Gasteiger partial charge in [0.2, 0.25) is 0 Å². The molecule has 0 fully saturated rings. The lowest BCUT2D eigenvalue weighted by atomic mass is 10.2. The maximum absolute atomic E-state index is 12.4. The molecule has 0 aliphatic heterocycles. The van der Waals surface area contributed by atoms with Crippen LogP contribution in [0.5, 0.6) is 5.75 Å². The van der Waals surface area contributed by atoms with E-state index in [1.807, 2.05) is 0 Å². The molecular formula is C18H13Cl2N3O3. The first kappa shape index (κ1) is 18.0. The summed E-state index contributed by atoms with van der Waals surface area (Å²) >= 11 is 11.8. The van der Waals surface area contributed by atoms with E-state index in [1.54, 1.807) is 36.4 Å². The van der Waals surface area contributed by atoms with Gasteiger partial charge in [-0.2, -0.15) is 0 Å². The van der Waals surface area contributed by atoms with Gasteiger partial charge in [0.25, 0.3) is 11.5 Å². The molecule has 0 atom stereocenters. The van der Waals surface area contributed by atoms with E-state index in [4.69, 9.17) is 27.9 Å². The van der Waals surface area contributed by atoms with Gasteiger partial charge in [-0.25, -0.2) is 4.98 Å². The molecule has 0 spiro atoms. The van der Waals surface area contributed by atoms with Crippen LogP contribution in [0, 0.1) is 0 Å². The lowest BCUT2D eigenvalue weighted by Gasteiger charge is -2.10. The molecule has 26 heavy (non-hydrogen) atoms.